The minimum atomic E-state index is -3.65. The number of thiophene rings is 1. The van der Waals surface area contributed by atoms with Gasteiger partial charge in [0.25, 0.3) is 0 Å². The van der Waals surface area contributed by atoms with Crippen LogP contribution in [-0.2, 0) is 16.6 Å². The van der Waals surface area contributed by atoms with E-state index in [1.54, 1.807) is 0 Å². The number of hydrogen-bond acceptors (Lipinski definition) is 3. The van der Waals surface area contributed by atoms with E-state index < -0.39 is 10.0 Å². The summed E-state index contributed by atoms with van der Waals surface area (Å²) >= 11 is 16.1. The van der Waals surface area contributed by atoms with Gasteiger partial charge in [-0.15, -0.1) is 11.3 Å². The van der Waals surface area contributed by atoms with Gasteiger partial charge < -0.3 is 0 Å². The highest BCUT2D eigenvalue weighted by Crippen LogP contribution is 2.35. The number of hydrogen-bond donors (Lipinski definition) is 0. The van der Waals surface area contributed by atoms with Crippen LogP contribution in [0, 0.1) is 0 Å². The zero-order chi connectivity index (χ0) is 14.9. The first-order valence-corrected chi connectivity index (χ1v) is 9.27. The molecule has 20 heavy (non-hydrogen) atoms. The van der Waals surface area contributed by atoms with E-state index in [2.05, 4.69) is 15.9 Å². The monoisotopic (exact) mass is 413 g/mol. The van der Waals surface area contributed by atoms with Gasteiger partial charge in [-0.2, -0.15) is 4.31 Å². The second-order valence-electron chi connectivity index (χ2n) is 4.08. The van der Waals surface area contributed by atoms with Crippen molar-refractivity contribution in [2.45, 2.75) is 11.4 Å². The second-order valence-corrected chi connectivity index (χ2v) is 9.29. The third-order valence-corrected chi connectivity index (χ3v) is 6.66. The molecule has 2 aromatic rings. The fourth-order valence-electron chi connectivity index (χ4n) is 1.65. The highest BCUT2D eigenvalue weighted by atomic mass is 79.9. The van der Waals surface area contributed by atoms with Gasteiger partial charge >= 0.3 is 0 Å². The standard InChI is InChI=1S/C12H10BrCl2NO2S2/c1-16(7-8-3-2-4-9(13)5-8)20(17,18)10-6-11(14)19-12(10)15/h2-6H,7H2,1H3. The fraction of sp³-hybridized carbons (Fsp3) is 0.167. The van der Waals surface area contributed by atoms with Crippen LogP contribution >= 0.6 is 50.5 Å². The predicted octanol–water partition coefficient (Wildman–Crippen LogP) is 4.64. The van der Waals surface area contributed by atoms with E-state index in [1.165, 1.54) is 17.4 Å². The van der Waals surface area contributed by atoms with Crippen molar-refractivity contribution in [3.63, 3.8) is 0 Å². The van der Waals surface area contributed by atoms with Crippen molar-refractivity contribution in [1.82, 2.24) is 4.31 Å². The third kappa shape index (κ3) is 3.55. The molecule has 1 heterocycles. The maximum absolute atomic E-state index is 12.4. The van der Waals surface area contributed by atoms with Crippen LogP contribution in [0.2, 0.25) is 8.67 Å². The molecule has 1 aromatic heterocycles. The van der Waals surface area contributed by atoms with E-state index in [0.717, 1.165) is 21.4 Å². The molecule has 0 aliphatic carbocycles. The zero-order valence-electron chi connectivity index (χ0n) is 10.3. The first-order valence-electron chi connectivity index (χ1n) is 5.46. The Kier molecular flexibility index (Phi) is 5.15. The molecule has 0 atom stereocenters. The average Bonchev–Trinajstić information content (AvgIpc) is 2.69. The molecule has 0 N–H and O–H groups in total. The minimum absolute atomic E-state index is 0.0478. The Morgan fingerprint density at radius 3 is 2.55 bits per heavy atom. The summed E-state index contributed by atoms with van der Waals surface area (Å²) in [5, 5.41) is 0. The Morgan fingerprint density at radius 2 is 2.00 bits per heavy atom. The molecule has 0 fully saturated rings. The lowest BCUT2D eigenvalue weighted by Gasteiger charge is -2.16. The maximum Gasteiger partial charge on any atom is 0.245 e. The lowest BCUT2D eigenvalue weighted by Crippen LogP contribution is -2.26. The maximum atomic E-state index is 12.4. The van der Waals surface area contributed by atoms with E-state index in [9.17, 15) is 8.42 Å². The van der Waals surface area contributed by atoms with Crippen molar-refractivity contribution < 1.29 is 8.42 Å². The molecule has 3 nitrogen and oxygen atoms in total. The molecule has 0 bridgehead atoms. The van der Waals surface area contributed by atoms with Crippen LogP contribution in [0.25, 0.3) is 0 Å². The van der Waals surface area contributed by atoms with Crippen molar-refractivity contribution in [2.24, 2.45) is 0 Å². The number of sulfonamides is 1. The molecule has 2 rings (SSSR count). The van der Waals surface area contributed by atoms with Crippen LogP contribution in [0.1, 0.15) is 5.56 Å². The summed E-state index contributed by atoms with van der Waals surface area (Å²) in [5.74, 6) is 0. The van der Waals surface area contributed by atoms with E-state index in [-0.39, 0.29) is 15.8 Å². The summed E-state index contributed by atoms with van der Waals surface area (Å²) in [6, 6.07) is 8.84. The Balaban J connectivity index is 2.28. The van der Waals surface area contributed by atoms with Gasteiger partial charge in [-0.3, -0.25) is 0 Å². The Labute approximate surface area is 140 Å². The van der Waals surface area contributed by atoms with Crippen molar-refractivity contribution >= 4 is 60.5 Å². The normalized spacial score (nSPS) is 12.1. The molecular weight excluding hydrogens is 405 g/mol. The second kappa shape index (κ2) is 6.34. The Morgan fingerprint density at radius 1 is 1.30 bits per heavy atom. The fourth-order valence-corrected chi connectivity index (χ4v) is 5.36. The lowest BCUT2D eigenvalue weighted by atomic mass is 10.2. The van der Waals surface area contributed by atoms with Crippen LogP contribution in [-0.4, -0.2) is 19.8 Å². The van der Waals surface area contributed by atoms with Gasteiger partial charge in [0, 0.05) is 18.1 Å². The first-order chi connectivity index (χ1) is 9.30. The number of nitrogens with zero attached hydrogens (tertiary/aromatic N) is 1. The quantitative estimate of drug-likeness (QED) is 0.730. The molecule has 0 radical (unpaired) electrons. The van der Waals surface area contributed by atoms with E-state index in [0.29, 0.717) is 4.34 Å². The molecule has 0 amide bonds. The van der Waals surface area contributed by atoms with Gasteiger partial charge in [-0.25, -0.2) is 8.42 Å². The highest BCUT2D eigenvalue weighted by molar-refractivity contribution is 9.10. The van der Waals surface area contributed by atoms with E-state index >= 15 is 0 Å². The van der Waals surface area contributed by atoms with Crippen LogP contribution in [0.5, 0.6) is 0 Å². The van der Waals surface area contributed by atoms with Gasteiger partial charge in [0.05, 0.1) is 4.34 Å². The summed E-state index contributed by atoms with van der Waals surface area (Å²) in [7, 11) is -2.14. The Bertz CT molecular complexity index is 731. The predicted molar refractivity (Wildman–Crippen MR) is 87.1 cm³/mol. The molecule has 0 saturated heterocycles. The summed E-state index contributed by atoms with van der Waals surface area (Å²) in [6.07, 6.45) is 0. The number of benzene rings is 1. The van der Waals surface area contributed by atoms with Crippen LogP contribution in [0.4, 0.5) is 0 Å². The molecule has 8 heteroatoms. The lowest BCUT2D eigenvalue weighted by molar-refractivity contribution is 0.467. The van der Waals surface area contributed by atoms with Crippen molar-refractivity contribution in [2.75, 3.05) is 7.05 Å². The topological polar surface area (TPSA) is 37.4 Å². The van der Waals surface area contributed by atoms with Crippen molar-refractivity contribution in [3.05, 3.63) is 49.0 Å². The summed E-state index contributed by atoms with van der Waals surface area (Å²) < 4.78 is 27.5. The SMILES string of the molecule is CN(Cc1cccc(Br)c1)S(=O)(=O)c1cc(Cl)sc1Cl. The molecule has 0 aliphatic rings. The number of rotatable bonds is 4. The van der Waals surface area contributed by atoms with Crippen molar-refractivity contribution in [3.8, 4) is 0 Å². The summed E-state index contributed by atoms with van der Waals surface area (Å²) in [5.41, 5.74) is 0.878. The van der Waals surface area contributed by atoms with Gasteiger partial charge in [0.15, 0.2) is 0 Å². The smallest absolute Gasteiger partial charge is 0.207 e. The molecule has 0 saturated carbocycles. The zero-order valence-corrected chi connectivity index (χ0v) is 15.0. The largest absolute Gasteiger partial charge is 0.245 e. The van der Waals surface area contributed by atoms with Gasteiger partial charge in [-0.1, -0.05) is 51.3 Å². The van der Waals surface area contributed by atoms with Crippen LogP contribution < -0.4 is 0 Å². The number of halogens is 3. The van der Waals surface area contributed by atoms with E-state index in [1.807, 2.05) is 24.3 Å². The molecule has 0 aliphatic heterocycles. The summed E-state index contributed by atoms with van der Waals surface area (Å²) in [4.78, 5) is 0.0478. The third-order valence-electron chi connectivity index (χ3n) is 2.61. The average molecular weight is 415 g/mol. The highest BCUT2D eigenvalue weighted by Gasteiger charge is 2.25. The van der Waals surface area contributed by atoms with Gasteiger partial charge in [-0.05, 0) is 23.8 Å². The minimum Gasteiger partial charge on any atom is -0.207 e. The van der Waals surface area contributed by atoms with Crippen LogP contribution in [0.3, 0.4) is 0 Å². The Hall–Kier alpha value is -0.110. The van der Waals surface area contributed by atoms with Gasteiger partial charge in [0.2, 0.25) is 10.0 Å². The molecule has 0 spiro atoms. The molecule has 0 unspecified atom stereocenters. The molecule has 1 aromatic carbocycles. The van der Waals surface area contributed by atoms with Crippen LogP contribution in [0.15, 0.2) is 39.7 Å². The van der Waals surface area contributed by atoms with E-state index in [4.69, 9.17) is 23.2 Å². The molecular formula is C12H10BrCl2NO2S2. The van der Waals surface area contributed by atoms with Crippen molar-refractivity contribution in [1.29, 1.82) is 0 Å². The summed E-state index contributed by atoms with van der Waals surface area (Å²) in [6.45, 7) is 0.256. The molecule has 108 valence electrons. The first kappa shape index (κ1) is 16.3. The van der Waals surface area contributed by atoms with Gasteiger partial charge in [0.1, 0.15) is 9.23 Å².